The molecule has 2 unspecified atom stereocenters. The summed E-state index contributed by atoms with van der Waals surface area (Å²) >= 11 is 0. The first kappa shape index (κ1) is 14.5. The first-order valence-corrected chi connectivity index (χ1v) is 7.24. The van der Waals surface area contributed by atoms with Crippen molar-refractivity contribution >= 4 is 5.91 Å². The molecule has 1 N–H and O–H groups in total. The van der Waals surface area contributed by atoms with E-state index in [0.29, 0.717) is 24.3 Å². The number of piperidine rings is 1. The van der Waals surface area contributed by atoms with Crippen LogP contribution in [-0.4, -0.2) is 36.5 Å². The van der Waals surface area contributed by atoms with Crippen LogP contribution in [0.15, 0.2) is 0 Å². The highest BCUT2D eigenvalue weighted by Gasteiger charge is 2.29. The first-order valence-electron chi connectivity index (χ1n) is 7.24. The zero-order valence-corrected chi connectivity index (χ0v) is 11.7. The van der Waals surface area contributed by atoms with Gasteiger partial charge in [-0.15, -0.1) is 0 Å². The van der Waals surface area contributed by atoms with E-state index in [-0.39, 0.29) is 0 Å². The summed E-state index contributed by atoms with van der Waals surface area (Å²) in [5.74, 6) is 0.982. The molecule has 1 rings (SSSR count). The van der Waals surface area contributed by atoms with E-state index in [1.165, 1.54) is 6.42 Å². The highest BCUT2D eigenvalue weighted by Crippen LogP contribution is 2.21. The van der Waals surface area contributed by atoms with Crippen LogP contribution >= 0.6 is 0 Å². The predicted molar refractivity (Wildman–Crippen MR) is 72.0 cm³/mol. The van der Waals surface area contributed by atoms with Crippen LogP contribution in [0.25, 0.3) is 0 Å². The molecule has 1 saturated heterocycles. The molecule has 1 aliphatic heterocycles. The summed E-state index contributed by atoms with van der Waals surface area (Å²) in [7, 11) is 0. The molecule has 0 saturated carbocycles. The second kappa shape index (κ2) is 7.70. The van der Waals surface area contributed by atoms with Gasteiger partial charge in [-0.1, -0.05) is 27.2 Å². The normalized spacial score (nSPS) is 25.0. The number of amides is 1. The molecule has 1 amide bonds. The van der Waals surface area contributed by atoms with Gasteiger partial charge in [0.05, 0.1) is 0 Å². The van der Waals surface area contributed by atoms with Crippen LogP contribution in [0, 0.1) is 5.92 Å². The van der Waals surface area contributed by atoms with E-state index in [9.17, 15) is 4.79 Å². The molecule has 0 aromatic rings. The van der Waals surface area contributed by atoms with Crippen molar-refractivity contribution in [3.05, 3.63) is 0 Å². The molecule has 0 bridgehead atoms. The fourth-order valence-electron chi connectivity index (χ4n) is 2.64. The van der Waals surface area contributed by atoms with Crippen molar-refractivity contribution in [2.45, 2.75) is 58.9 Å². The monoisotopic (exact) mass is 240 g/mol. The molecular weight excluding hydrogens is 212 g/mol. The Hall–Kier alpha value is -0.570. The summed E-state index contributed by atoms with van der Waals surface area (Å²) in [5, 5.41) is 3.63. The Morgan fingerprint density at radius 3 is 2.65 bits per heavy atom. The molecule has 0 radical (unpaired) electrons. The minimum Gasteiger partial charge on any atom is -0.342 e. The quantitative estimate of drug-likeness (QED) is 0.773. The van der Waals surface area contributed by atoms with Crippen LogP contribution in [0.5, 0.6) is 0 Å². The van der Waals surface area contributed by atoms with E-state index in [1.54, 1.807) is 0 Å². The predicted octanol–water partition coefficient (Wildman–Crippen LogP) is 2.41. The molecule has 0 aromatic heterocycles. The molecule has 0 aromatic carbocycles. The van der Waals surface area contributed by atoms with Gasteiger partial charge < -0.3 is 10.2 Å². The topological polar surface area (TPSA) is 32.3 Å². The van der Waals surface area contributed by atoms with Gasteiger partial charge in [-0.05, 0) is 31.7 Å². The molecular formula is C14H28N2O. The summed E-state index contributed by atoms with van der Waals surface area (Å²) in [5.41, 5.74) is 0. The second-order valence-corrected chi connectivity index (χ2v) is 5.11. The van der Waals surface area contributed by atoms with E-state index in [1.807, 2.05) is 0 Å². The number of rotatable bonds is 6. The van der Waals surface area contributed by atoms with Crippen molar-refractivity contribution in [1.29, 1.82) is 0 Å². The largest absolute Gasteiger partial charge is 0.342 e. The van der Waals surface area contributed by atoms with Crippen molar-refractivity contribution in [1.82, 2.24) is 10.2 Å². The Balaban J connectivity index is 2.45. The van der Waals surface area contributed by atoms with Crippen molar-refractivity contribution in [3.63, 3.8) is 0 Å². The number of nitrogens with zero attached hydrogens (tertiary/aromatic N) is 1. The molecule has 1 aliphatic rings. The van der Waals surface area contributed by atoms with Crippen LogP contribution < -0.4 is 5.32 Å². The van der Waals surface area contributed by atoms with Crippen molar-refractivity contribution in [3.8, 4) is 0 Å². The molecule has 17 heavy (non-hydrogen) atoms. The molecule has 2 atom stereocenters. The fraction of sp³-hybridized carbons (Fsp3) is 0.929. The van der Waals surface area contributed by atoms with Crippen molar-refractivity contribution in [2.24, 2.45) is 5.92 Å². The number of carbonyl (C=O) groups excluding carboxylic acids is 1. The Labute approximate surface area is 106 Å². The van der Waals surface area contributed by atoms with Crippen LogP contribution in [0.4, 0.5) is 0 Å². The maximum atomic E-state index is 11.9. The van der Waals surface area contributed by atoms with Crippen LogP contribution in [0.2, 0.25) is 0 Å². The van der Waals surface area contributed by atoms with Gasteiger partial charge in [0.25, 0.3) is 0 Å². The Morgan fingerprint density at radius 2 is 2.06 bits per heavy atom. The number of hydrogen-bond donors (Lipinski definition) is 1. The van der Waals surface area contributed by atoms with Crippen LogP contribution in [0.3, 0.4) is 0 Å². The average Bonchev–Trinajstić information content (AvgIpc) is 2.36. The molecule has 1 fully saturated rings. The number of carbonyl (C=O) groups is 1. The maximum absolute atomic E-state index is 11.9. The maximum Gasteiger partial charge on any atom is 0.222 e. The molecule has 0 aliphatic carbocycles. The smallest absolute Gasteiger partial charge is 0.222 e. The van der Waals surface area contributed by atoms with E-state index < -0.39 is 0 Å². The van der Waals surface area contributed by atoms with Gasteiger partial charge in [0.1, 0.15) is 0 Å². The third-order valence-electron chi connectivity index (χ3n) is 3.73. The summed E-state index contributed by atoms with van der Waals surface area (Å²) in [6, 6.07) is 0.616. The fourth-order valence-corrected chi connectivity index (χ4v) is 2.64. The molecule has 0 spiro atoms. The molecule has 100 valence electrons. The lowest BCUT2D eigenvalue weighted by atomic mass is 9.89. The van der Waals surface area contributed by atoms with Crippen LogP contribution in [0.1, 0.15) is 52.9 Å². The zero-order chi connectivity index (χ0) is 12.7. The molecule has 3 heteroatoms. The summed E-state index contributed by atoms with van der Waals surface area (Å²) in [6.07, 6.45) is 5.14. The third-order valence-corrected chi connectivity index (χ3v) is 3.73. The van der Waals surface area contributed by atoms with Gasteiger partial charge in [0.2, 0.25) is 5.91 Å². The zero-order valence-electron chi connectivity index (χ0n) is 11.7. The SMILES string of the molecule is CCCNC1CCN(C(=O)CCC)CC1CC. The van der Waals surface area contributed by atoms with Crippen LogP contribution in [-0.2, 0) is 4.79 Å². The lowest BCUT2D eigenvalue weighted by Crippen LogP contribution is -2.51. The Morgan fingerprint density at radius 1 is 1.29 bits per heavy atom. The van der Waals surface area contributed by atoms with Gasteiger partial charge in [-0.25, -0.2) is 0 Å². The lowest BCUT2D eigenvalue weighted by molar-refractivity contribution is -0.133. The van der Waals surface area contributed by atoms with E-state index in [4.69, 9.17) is 0 Å². The van der Waals surface area contributed by atoms with Gasteiger partial charge >= 0.3 is 0 Å². The summed E-state index contributed by atoms with van der Waals surface area (Å²) in [6.45, 7) is 9.51. The van der Waals surface area contributed by atoms with E-state index >= 15 is 0 Å². The second-order valence-electron chi connectivity index (χ2n) is 5.11. The lowest BCUT2D eigenvalue weighted by Gasteiger charge is -2.39. The Bertz CT molecular complexity index is 230. The van der Waals surface area contributed by atoms with E-state index in [0.717, 1.165) is 38.9 Å². The Kier molecular flexibility index (Phi) is 6.56. The van der Waals surface area contributed by atoms with E-state index in [2.05, 4.69) is 31.0 Å². The highest BCUT2D eigenvalue weighted by molar-refractivity contribution is 5.76. The summed E-state index contributed by atoms with van der Waals surface area (Å²) in [4.78, 5) is 14.0. The van der Waals surface area contributed by atoms with Crippen molar-refractivity contribution < 1.29 is 4.79 Å². The van der Waals surface area contributed by atoms with Crippen molar-refractivity contribution in [2.75, 3.05) is 19.6 Å². The minimum atomic E-state index is 0.347. The highest BCUT2D eigenvalue weighted by atomic mass is 16.2. The molecule has 3 nitrogen and oxygen atoms in total. The average molecular weight is 240 g/mol. The summed E-state index contributed by atoms with van der Waals surface area (Å²) < 4.78 is 0. The minimum absolute atomic E-state index is 0.347. The first-order chi connectivity index (χ1) is 8.22. The molecule has 1 heterocycles. The third kappa shape index (κ3) is 4.30. The number of nitrogens with one attached hydrogen (secondary N) is 1. The number of hydrogen-bond acceptors (Lipinski definition) is 2. The van der Waals surface area contributed by atoms with Gasteiger partial charge in [0.15, 0.2) is 0 Å². The van der Waals surface area contributed by atoms with Gasteiger partial charge in [0, 0.05) is 25.6 Å². The van der Waals surface area contributed by atoms with Gasteiger partial charge in [-0.2, -0.15) is 0 Å². The number of likely N-dealkylation sites (tertiary alicyclic amines) is 1. The van der Waals surface area contributed by atoms with Gasteiger partial charge in [-0.3, -0.25) is 4.79 Å². The standard InChI is InChI=1S/C14H28N2O/c1-4-7-14(17)16-10-8-13(15-9-5-2)12(6-3)11-16/h12-13,15H,4-11H2,1-3H3.